The van der Waals surface area contributed by atoms with Gasteiger partial charge in [0.2, 0.25) is 0 Å². The molecular formula is C9H13N3O5. The van der Waals surface area contributed by atoms with Gasteiger partial charge in [0.05, 0.1) is 15.9 Å². The van der Waals surface area contributed by atoms with E-state index in [4.69, 9.17) is 5.11 Å². The van der Waals surface area contributed by atoms with Crippen LogP contribution in [0.5, 0.6) is 0 Å². The van der Waals surface area contributed by atoms with Crippen LogP contribution in [0.2, 0.25) is 0 Å². The van der Waals surface area contributed by atoms with Crippen LogP contribution in [-0.4, -0.2) is 28.6 Å². The van der Waals surface area contributed by atoms with Crippen LogP contribution in [0.15, 0.2) is 18.2 Å². The molecule has 0 saturated carbocycles. The minimum Gasteiger partial charge on any atom is -0.397 e. The minimum atomic E-state index is -0.674. The zero-order chi connectivity index (χ0) is 13.4. The lowest BCUT2D eigenvalue weighted by Gasteiger charge is -2.00. The van der Waals surface area contributed by atoms with Crippen LogP contribution in [0, 0.1) is 20.2 Å². The Morgan fingerprint density at radius 1 is 1.29 bits per heavy atom. The Morgan fingerprint density at radius 3 is 2.18 bits per heavy atom. The first-order chi connectivity index (χ1) is 7.97. The number of hydrogen-bond acceptors (Lipinski definition) is 6. The van der Waals surface area contributed by atoms with Gasteiger partial charge >= 0.3 is 0 Å². The van der Waals surface area contributed by atoms with E-state index in [-0.39, 0.29) is 23.7 Å². The van der Waals surface area contributed by atoms with Gasteiger partial charge in [-0.05, 0) is 13.0 Å². The first-order valence-electron chi connectivity index (χ1n) is 4.69. The highest BCUT2D eigenvalue weighted by Crippen LogP contribution is 2.28. The molecule has 0 aliphatic heterocycles. The number of non-ortho nitro benzene ring substituents is 1. The Hall–Kier alpha value is -2.22. The van der Waals surface area contributed by atoms with Gasteiger partial charge in [-0.1, -0.05) is 0 Å². The Kier molecular flexibility index (Phi) is 6.19. The third kappa shape index (κ3) is 4.43. The maximum absolute atomic E-state index is 10.5. The molecule has 0 saturated heterocycles. The molecule has 0 bridgehead atoms. The second kappa shape index (κ2) is 7.12. The predicted molar refractivity (Wildman–Crippen MR) is 62.1 cm³/mol. The van der Waals surface area contributed by atoms with Gasteiger partial charge in [-0.15, -0.1) is 0 Å². The molecule has 94 valence electrons. The van der Waals surface area contributed by atoms with Gasteiger partial charge in [-0.3, -0.25) is 20.2 Å². The number of benzene rings is 1. The highest BCUT2D eigenvalue weighted by Gasteiger charge is 2.17. The molecule has 0 heterocycles. The van der Waals surface area contributed by atoms with E-state index in [9.17, 15) is 20.2 Å². The Bertz CT molecular complexity index is 408. The number of nitrogens with zero attached hydrogens (tertiary/aromatic N) is 2. The molecular weight excluding hydrogens is 230 g/mol. The van der Waals surface area contributed by atoms with Crippen LogP contribution in [0.25, 0.3) is 0 Å². The number of nitro benzene ring substituents is 2. The van der Waals surface area contributed by atoms with Crippen molar-refractivity contribution in [3.63, 3.8) is 0 Å². The summed E-state index contributed by atoms with van der Waals surface area (Å²) in [4.78, 5) is 19.5. The van der Waals surface area contributed by atoms with E-state index in [2.05, 4.69) is 5.32 Å². The van der Waals surface area contributed by atoms with E-state index in [0.717, 1.165) is 6.07 Å². The van der Waals surface area contributed by atoms with Crippen LogP contribution in [-0.2, 0) is 0 Å². The van der Waals surface area contributed by atoms with E-state index in [1.165, 1.54) is 19.2 Å². The summed E-state index contributed by atoms with van der Waals surface area (Å²) in [6, 6.07) is 3.43. The van der Waals surface area contributed by atoms with E-state index in [0.29, 0.717) is 0 Å². The standard InChI is InChI=1S/C7H7N3O4.C2H6O/c1-8-6-3-2-5(9(11)12)4-7(6)10(13)14;1-2-3/h2-4,8H,1H3;3H,2H2,1H3. The fraction of sp³-hybridized carbons (Fsp3) is 0.333. The Balaban J connectivity index is 0.000000770. The van der Waals surface area contributed by atoms with E-state index < -0.39 is 9.85 Å². The lowest BCUT2D eigenvalue weighted by Crippen LogP contribution is -1.98. The van der Waals surface area contributed by atoms with Crippen molar-refractivity contribution < 1.29 is 15.0 Å². The number of nitrogens with one attached hydrogen (secondary N) is 1. The molecule has 0 amide bonds. The fourth-order valence-corrected chi connectivity index (χ4v) is 0.996. The van der Waals surface area contributed by atoms with Gasteiger partial charge in [0.15, 0.2) is 0 Å². The maximum Gasteiger partial charge on any atom is 0.299 e. The summed E-state index contributed by atoms with van der Waals surface area (Å²) in [6.07, 6.45) is 0. The van der Waals surface area contributed by atoms with Gasteiger partial charge in [0.1, 0.15) is 5.69 Å². The van der Waals surface area contributed by atoms with E-state index in [1.807, 2.05) is 0 Å². The molecule has 1 rings (SSSR count). The minimum absolute atomic E-state index is 0.250. The van der Waals surface area contributed by atoms with Gasteiger partial charge < -0.3 is 10.4 Å². The third-order valence-electron chi connectivity index (χ3n) is 1.66. The first kappa shape index (κ1) is 14.8. The lowest BCUT2D eigenvalue weighted by molar-refractivity contribution is -0.393. The first-order valence-corrected chi connectivity index (χ1v) is 4.69. The number of aliphatic hydroxyl groups excluding tert-OH is 1. The highest BCUT2D eigenvalue weighted by molar-refractivity contribution is 5.64. The molecule has 0 radical (unpaired) electrons. The van der Waals surface area contributed by atoms with Crippen molar-refractivity contribution >= 4 is 17.1 Å². The third-order valence-corrected chi connectivity index (χ3v) is 1.66. The average Bonchev–Trinajstić information content (AvgIpc) is 2.29. The maximum atomic E-state index is 10.5. The molecule has 8 nitrogen and oxygen atoms in total. The van der Waals surface area contributed by atoms with Gasteiger partial charge in [0, 0.05) is 19.7 Å². The largest absolute Gasteiger partial charge is 0.397 e. The van der Waals surface area contributed by atoms with Crippen molar-refractivity contribution in [2.24, 2.45) is 0 Å². The SMILES string of the molecule is CCO.CNc1ccc([N+](=O)[O-])cc1[N+](=O)[O-]. The summed E-state index contributed by atoms with van der Waals surface area (Å²) in [7, 11) is 1.51. The molecule has 0 aliphatic carbocycles. The molecule has 0 atom stereocenters. The zero-order valence-corrected chi connectivity index (χ0v) is 9.41. The molecule has 0 aromatic heterocycles. The van der Waals surface area contributed by atoms with Crippen molar-refractivity contribution in [1.82, 2.24) is 0 Å². The summed E-state index contributed by atoms with van der Waals surface area (Å²) in [5.41, 5.74) is -0.349. The second-order valence-corrected chi connectivity index (χ2v) is 2.78. The van der Waals surface area contributed by atoms with Crippen LogP contribution in [0.3, 0.4) is 0 Å². The van der Waals surface area contributed by atoms with Crippen LogP contribution in [0.4, 0.5) is 17.1 Å². The topological polar surface area (TPSA) is 119 Å². The van der Waals surface area contributed by atoms with Crippen molar-refractivity contribution in [2.75, 3.05) is 19.0 Å². The van der Waals surface area contributed by atoms with Crippen molar-refractivity contribution in [3.05, 3.63) is 38.4 Å². The number of rotatable bonds is 3. The lowest BCUT2D eigenvalue weighted by atomic mass is 10.2. The second-order valence-electron chi connectivity index (χ2n) is 2.78. The Morgan fingerprint density at radius 2 is 1.82 bits per heavy atom. The van der Waals surface area contributed by atoms with Crippen molar-refractivity contribution in [2.45, 2.75) is 6.92 Å². The van der Waals surface area contributed by atoms with E-state index in [1.54, 1.807) is 6.92 Å². The van der Waals surface area contributed by atoms with Crippen molar-refractivity contribution in [1.29, 1.82) is 0 Å². The summed E-state index contributed by atoms with van der Waals surface area (Å²) >= 11 is 0. The summed E-state index contributed by atoms with van der Waals surface area (Å²) < 4.78 is 0. The summed E-state index contributed by atoms with van der Waals surface area (Å²) in [5.74, 6) is 0. The zero-order valence-electron chi connectivity index (χ0n) is 9.41. The quantitative estimate of drug-likeness (QED) is 0.614. The molecule has 1 aromatic carbocycles. The fourth-order valence-electron chi connectivity index (χ4n) is 0.996. The number of nitro groups is 2. The van der Waals surface area contributed by atoms with Gasteiger partial charge in [-0.25, -0.2) is 0 Å². The smallest absolute Gasteiger partial charge is 0.299 e. The normalized spacial score (nSPS) is 8.88. The van der Waals surface area contributed by atoms with E-state index >= 15 is 0 Å². The Labute approximate surface area is 97.2 Å². The highest BCUT2D eigenvalue weighted by atomic mass is 16.6. The van der Waals surface area contributed by atoms with Gasteiger partial charge in [-0.2, -0.15) is 0 Å². The average molecular weight is 243 g/mol. The monoisotopic (exact) mass is 243 g/mol. The summed E-state index contributed by atoms with van der Waals surface area (Å²) in [6.45, 7) is 1.93. The van der Waals surface area contributed by atoms with Crippen LogP contribution >= 0.6 is 0 Å². The molecule has 8 heteroatoms. The predicted octanol–water partition coefficient (Wildman–Crippen LogP) is 1.54. The molecule has 2 N–H and O–H groups in total. The molecule has 0 unspecified atom stereocenters. The number of aliphatic hydroxyl groups is 1. The number of hydrogen-bond donors (Lipinski definition) is 2. The molecule has 0 aliphatic rings. The summed E-state index contributed by atoms with van der Waals surface area (Å²) in [5, 5.41) is 31.0. The van der Waals surface area contributed by atoms with Crippen LogP contribution in [0.1, 0.15) is 6.92 Å². The van der Waals surface area contributed by atoms with Crippen LogP contribution < -0.4 is 5.32 Å². The van der Waals surface area contributed by atoms with Crippen molar-refractivity contribution in [3.8, 4) is 0 Å². The molecule has 0 spiro atoms. The number of anilines is 1. The molecule has 1 aromatic rings. The van der Waals surface area contributed by atoms with Gasteiger partial charge in [0.25, 0.3) is 11.4 Å². The molecule has 17 heavy (non-hydrogen) atoms. The molecule has 0 fully saturated rings.